The van der Waals surface area contributed by atoms with Crippen LogP contribution in [0, 0.1) is 5.92 Å². The Labute approximate surface area is 106 Å². The van der Waals surface area contributed by atoms with E-state index in [9.17, 15) is 9.90 Å². The van der Waals surface area contributed by atoms with Crippen LogP contribution >= 0.6 is 11.6 Å². The number of hydrogen-bond donors (Lipinski definition) is 1. The molecule has 0 unspecified atom stereocenters. The molecule has 0 bridgehead atoms. The molecule has 2 rings (SSSR count). The first-order valence-electron chi connectivity index (χ1n) is 5.78. The van der Waals surface area contributed by atoms with Gasteiger partial charge in [-0.05, 0) is 44.1 Å². The molecule has 0 saturated carbocycles. The van der Waals surface area contributed by atoms with Crippen molar-refractivity contribution in [3.8, 4) is 0 Å². The second-order valence-corrected chi connectivity index (χ2v) is 5.00. The first-order valence-corrected chi connectivity index (χ1v) is 6.16. The topological polar surface area (TPSA) is 40.5 Å². The van der Waals surface area contributed by atoms with Gasteiger partial charge < -0.3 is 5.11 Å². The maximum atomic E-state index is 11.3. The van der Waals surface area contributed by atoms with Gasteiger partial charge >= 0.3 is 5.97 Å². The first kappa shape index (κ1) is 12.4. The molecular formula is C13H16ClNO2. The van der Waals surface area contributed by atoms with E-state index in [4.69, 9.17) is 11.6 Å². The minimum atomic E-state index is -0.721. The van der Waals surface area contributed by atoms with Crippen LogP contribution in [0.5, 0.6) is 0 Å². The van der Waals surface area contributed by atoms with Crippen LogP contribution in [0.4, 0.5) is 0 Å². The Morgan fingerprint density at radius 3 is 2.94 bits per heavy atom. The number of nitrogens with zero attached hydrogens (tertiary/aromatic N) is 1. The minimum Gasteiger partial charge on any atom is -0.481 e. The van der Waals surface area contributed by atoms with Crippen LogP contribution in [0.15, 0.2) is 24.3 Å². The first-order chi connectivity index (χ1) is 8.09. The molecule has 1 heterocycles. The zero-order valence-electron chi connectivity index (χ0n) is 9.77. The number of carbonyl (C=O) groups is 1. The van der Waals surface area contributed by atoms with Gasteiger partial charge in [0.2, 0.25) is 0 Å². The highest BCUT2D eigenvalue weighted by molar-refractivity contribution is 6.30. The number of likely N-dealkylation sites (tertiary alicyclic amines) is 1. The molecule has 1 aromatic carbocycles. The summed E-state index contributed by atoms with van der Waals surface area (Å²) in [7, 11) is 1.97. The third-order valence-corrected chi connectivity index (χ3v) is 3.62. The lowest BCUT2D eigenvalue weighted by Gasteiger charge is -2.37. The van der Waals surface area contributed by atoms with E-state index in [1.807, 2.05) is 31.3 Å². The van der Waals surface area contributed by atoms with Crippen molar-refractivity contribution in [1.29, 1.82) is 0 Å². The molecule has 4 heteroatoms. The molecule has 0 aliphatic carbocycles. The number of rotatable bonds is 2. The zero-order chi connectivity index (χ0) is 12.4. The number of hydrogen-bond acceptors (Lipinski definition) is 2. The Kier molecular flexibility index (Phi) is 3.69. The Bertz CT molecular complexity index is 422. The van der Waals surface area contributed by atoms with Crippen LogP contribution in [0.3, 0.4) is 0 Å². The fraction of sp³-hybridized carbons (Fsp3) is 0.462. The van der Waals surface area contributed by atoms with Crippen LogP contribution < -0.4 is 0 Å². The van der Waals surface area contributed by atoms with Crippen LogP contribution in [-0.2, 0) is 4.79 Å². The summed E-state index contributed by atoms with van der Waals surface area (Å²) >= 11 is 5.97. The molecule has 1 saturated heterocycles. The molecule has 0 aromatic heterocycles. The van der Waals surface area contributed by atoms with Crippen molar-refractivity contribution in [2.75, 3.05) is 13.6 Å². The van der Waals surface area contributed by atoms with E-state index < -0.39 is 5.97 Å². The van der Waals surface area contributed by atoms with Crippen molar-refractivity contribution in [3.05, 3.63) is 34.9 Å². The Morgan fingerprint density at radius 1 is 1.53 bits per heavy atom. The molecule has 3 nitrogen and oxygen atoms in total. The molecule has 0 spiro atoms. The van der Waals surface area contributed by atoms with E-state index in [-0.39, 0.29) is 12.0 Å². The lowest BCUT2D eigenvalue weighted by Crippen LogP contribution is -2.39. The van der Waals surface area contributed by atoms with Gasteiger partial charge in [0, 0.05) is 11.1 Å². The highest BCUT2D eigenvalue weighted by atomic mass is 35.5. The van der Waals surface area contributed by atoms with E-state index in [0.717, 1.165) is 24.9 Å². The average molecular weight is 254 g/mol. The molecule has 0 amide bonds. The van der Waals surface area contributed by atoms with Gasteiger partial charge in [-0.3, -0.25) is 9.69 Å². The normalized spacial score (nSPS) is 25.8. The number of halogens is 1. The number of aliphatic carboxylic acids is 1. The van der Waals surface area contributed by atoms with E-state index in [1.165, 1.54) is 0 Å². The van der Waals surface area contributed by atoms with Gasteiger partial charge in [0.25, 0.3) is 0 Å². The summed E-state index contributed by atoms with van der Waals surface area (Å²) in [5, 5.41) is 9.96. The molecule has 17 heavy (non-hydrogen) atoms. The fourth-order valence-corrected chi connectivity index (χ4v) is 2.80. The highest BCUT2D eigenvalue weighted by Gasteiger charge is 2.35. The van der Waals surface area contributed by atoms with Gasteiger partial charge in [-0.15, -0.1) is 0 Å². The SMILES string of the molecule is CN1CCC[C@@H](C(=O)O)[C@@H]1c1cccc(Cl)c1. The zero-order valence-corrected chi connectivity index (χ0v) is 10.5. The standard InChI is InChI=1S/C13H16ClNO2/c1-15-7-3-6-11(13(16)17)12(15)9-4-2-5-10(14)8-9/h2,4-5,8,11-12H,3,6-7H2,1H3,(H,16,17)/t11-,12+/m1/s1. The molecule has 92 valence electrons. The molecular weight excluding hydrogens is 238 g/mol. The summed E-state index contributed by atoms with van der Waals surface area (Å²) in [6.07, 6.45) is 1.67. The van der Waals surface area contributed by atoms with E-state index in [2.05, 4.69) is 4.90 Å². The van der Waals surface area contributed by atoms with Crippen molar-refractivity contribution >= 4 is 17.6 Å². The largest absolute Gasteiger partial charge is 0.481 e. The summed E-state index contributed by atoms with van der Waals surface area (Å²) in [6, 6.07) is 7.43. The predicted molar refractivity (Wildman–Crippen MR) is 67.2 cm³/mol. The van der Waals surface area contributed by atoms with Gasteiger partial charge in [-0.25, -0.2) is 0 Å². The molecule has 1 fully saturated rings. The highest BCUT2D eigenvalue weighted by Crippen LogP contribution is 2.35. The lowest BCUT2D eigenvalue weighted by molar-refractivity contribution is -0.145. The third kappa shape index (κ3) is 2.61. The predicted octanol–water partition coefficient (Wildman–Crippen LogP) is 2.81. The number of benzene rings is 1. The summed E-state index contributed by atoms with van der Waals surface area (Å²) in [5.74, 6) is -1.06. The van der Waals surface area contributed by atoms with Gasteiger partial charge in [0.05, 0.1) is 5.92 Å². The van der Waals surface area contributed by atoms with Crippen LogP contribution in [0.2, 0.25) is 5.02 Å². The van der Waals surface area contributed by atoms with Crippen molar-refractivity contribution in [1.82, 2.24) is 4.90 Å². The van der Waals surface area contributed by atoms with Crippen molar-refractivity contribution in [3.63, 3.8) is 0 Å². The Morgan fingerprint density at radius 2 is 2.29 bits per heavy atom. The second-order valence-electron chi connectivity index (χ2n) is 4.57. The summed E-state index contributed by atoms with van der Waals surface area (Å²) in [4.78, 5) is 13.4. The smallest absolute Gasteiger partial charge is 0.308 e. The van der Waals surface area contributed by atoms with Crippen LogP contribution in [0.25, 0.3) is 0 Å². The molecule has 1 aromatic rings. The van der Waals surface area contributed by atoms with E-state index >= 15 is 0 Å². The molecule has 0 radical (unpaired) electrons. The third-order valence-electron chi connectivity index (χ3n) is 3.39. The summed E-state index contributed by atoms with van der Waals surface area (Å²) < 4.78 is 0. The number of carboxylic acids is 1. The number of piperidine rings is 1. The van der Waals surface area contributed by atoms with Crippen molar-refractivity contribution in [2.24, 2.45) is 5.92 Å². The van der Waals surface area contributed by atoms with E-state index in [0.29, 0.717) is 5.02 Å². The van der Waals surface area contributed by atoms with Gasteiger partial charge in [-0.1, -0.05) is 23.7 Å². The monoisotopic (exact) mass is 253 g/mol. The van der Waals surface area contributed by atoms with Gasteiger partial charge in [0.15, 0.2) is 0 Å². The maximum absolute atomic E-state index is 11.3. The number of carboxylic acid groups (broad SMARTS) is 1. The fourth-order valence-electron chi connectivity index (χ4n) is 2.60. The van der Waals surface area contributed by atoms with Crippen LogP contribution in [-0.4, -0.2) is 29.6 Å². The van der Waals surface area contributed by atoms with Crippen molar-refractivity contribution in [2.45, 2.75) is 18.9 Å². The Balaban J connectivity index is 2.34. The van der Waals surface area contributed by atoms with E-state index in [1.54, 1.807) is 0 Å². The minimum absolute atomic E-state index is 0.0695. The lowest BCUT2D eigenvalue weighted by atomic mass is 9.85. The van der Waals surface area contributed by atoms with Gasteiger partial charge in [-0.2, -0.15) is 0 Å². The summed E-state index contributed by atoms with van der Waals surface area (Å²) in [6.45, 7) is 0.932. The molecule has 2 atom stereocenters. The quantitative estimate of drug-likeness (QED) is 0.881. The molecule has 1 N–H and O–H groups in total. The second kappa shape index (κ2) is 5.07. The Hall–Kier alpha value is -1.06. The molecule has 1 aliphatic rings. The van der Waals surface area contributed by atoms with Crippen molar-refractivity contribution < 1.29 is 9.90 Å². The van der Waals surface area contributed by atoms with Crippen LogP contribution in [0.1, 0.15) is 24.4 Å². The summed E-state index contributed by atoms with van der Waals surface area (Å²) in [5.41, 5.74) is 0.993. The van der Waals surface area contributed by atoms with Gasteiger partial charge in [0.1, 0.15) is 0 Å². The maximum Gasteiger partial charge on any atom is 0.308 e. The molecule has 1 aliphatic heterocycles. The average Bonchev–Trinajstić information content (AvgIpc) is 2.28.